The highest BCUT2D eigenvalue weighted by molar-refractivity contribution is 5.13. The lowest BCUT2D eigenvalue weighted by atomic mass is 10.3. The fraction of sp³-hybridized carbons (Fsp3) is 0.250. The molecule has 0 radical (unpaired) electrons. The van der Waals surface area contributed by atoms with Gasteiger partial charge in [-0.1, -0.05) is 18.6 Å². The Hall–Kier alpha value is -1.16. The van der Waals surface area contributed by atoms with Crippen molar-refractivity contribution < 1.29 is 0 Å². The molecular formula is C8H11N. The molecule has 0 aliphatic rings. The Morgan fingerprint density at radius 3 is 2.89 bits per heavy atom. The van der Waals surface area contributed by atoms with Crippen molar-refractivity contribution in [3.8, 4) is 11.8 Å². The van der Waals surface area contributed by atoms with E-state index < -0.39 is 0 Å². The normalized spacial score (nSPS) is 8.56. The Bertz CT molecular complexity index is 167. The SMILES string of the molecule is C=C(N)/C=C\CC#CC. The summed E-state index contributed by atoms with van der Waals surface area (Å²) in [6.45, 7) is 5.31. The van der Waals surface area contributed by atoms with Crippen LogP contribution in [0.3, 0.4) is 0 Å². The van der Waals surface area contributed by atoms with Gasteiger partial charge in [-0.25, -0.2) is 0 Å². The third-order valence-electron chi connectivity index (χ3n) is 0.729. The van der Waals surface area contributed by atoms with Crippen molar-refractivity contribution in [1.29, 1.82) is 0 Å². The lowest BCUT2D eigenvalue weighted by Crippen LogP contribution is -1.87. The van der Waals surface area contributed by atoms with E-state index >= 15 is 0 Å². The van der Waals surface area contributed by atoms with E-state index in [1.165, 1.54) is 0 Å². The summed E-state index contributed by atoms with van der Waals surface area (Å²) in [6.07, 6.45) is 4.40. The quantitative estimate of drug-likeness (QED) is 0.434. The van der Waals surface area contributed by atoms with Gasteiger partial charge in [0.05, 0.1) is 0 Å². The molecule has 0 aliphatic heterocycles. The molecule has 0 aromatic heterocycles. The van der Waals surface area contributed by atoms with Crippen LogP contribution in [-0.2, 0) is 0 Å². The summed E-state index contributed by atoms with van der Waals surface area (Å²) in [7, 11) is 0. The Morgan fingerprint density at radius 1 is 1.78 bits per heavy atom. The molecule has 0 spiro atoms. The molecule has 48 valence electrons. The van der Waals surface area contributed by atoms with Gasteiger partial charge in [0.1, 0.15) is 0 Å². The number of rotatable bonds is 2. The molecule has 0 unspecified atom stereocenters. The predicted molar refractivity (Wildman–Crippen MR) is 40.5 cm³/mol. The van der Waals surface area contributed by atoms with Crippen LogP contribution in [0, 0.1) is 11.8 Å². The zero-order valence-electron chi connectivity index (χ0n) is 5.65. The minimum Gasteiger partial charge on any atom is -0.399 e. The monoisotopic (exact) mass is 121 g/mol. The zero-order chi connectivity index (χ0) is 7.11. The molecule has 2 N–H and O–H groups in total. The first-order valence-electron chi connectivity index (χ1n) is 2.78. The van der Waals surface area contributed by atoms with E-state index in [1.54, 1.807) is 6.08 Å². The summed E-state index contributed by atoms with van der Waals surface area (Å²) in [5, 5.41) is 0. The van der Waals surface area contributed by atoms with Crippen molar-refractivity contribution in [3.63, 3.8) is 0 Å². The van der Waals surface area contributed by atoms with Crippen molar-refractivity contribution >= 4 is 0 Å². The summed E-state index contributed by atoms with van der Waals surface area (Å²) >= 11 is 0. The number of hydrogen-bond acceptors (Lipinski definition) is 1. The van der Waals surface area contributed by atoms with Gasteiger partial charge in [-0.05, 0) is 13.0 Å². The highest BCUT2D eigenvalue weighted by Gasteiger charge is 1.70. The molecule has 0 fully saturated rings. The van der Waals surface area contributed by atoms with Crippen LogP contribution < -0.4 is 5.73 Å². The molecule has 0 aliphatic carbocycles. The highest BCUT2D eigenvalue weighted by Crippen LogP contribution is 1.83. The van der Waals surface area contributed by atoms with E-state index in [2.05, 4.69) is 18.4 Å². The van der Waals surface area contributed by atoms with E-state index in [-0.39, 0.29) is 0 Å². The fourth-order valence-electron chi connectivity index (χ4n) is 0.371. The van der Waals surface area contributed by atoms with Crippen LogP contribution >= 0.6 is 0 Å². The lowest BCUT2D eigenvalue weighted by molar-refractivity contribution is 1.39. The molecule has 0 heterocycles. The smallest absolute Gasteiger partial charge is 0.0273 e. The lowest BCUT2D eigenvalue weighted by Gasteiger charge is -1.81. The van der Waals surface area contributed by atoms with Crippen LogP contribution in [0.1, 0.15) is 13.3 Å². The van der Waals surface area contributed by atoms with Crippen LogP contribution in [0.15, 0.2) is 24.4 Å². The number of hydrogen-bond donors (Lipinski definition) is 1. The summed E-state index contributed by atoms with van der Waals surface area (Å²) in [6, 6.07) is 0. The van der Waals surface area contributed by atoms with Gasteiger partial charge in [0.2, 0.25) is 0 Å². The summed E-state index contributed by atoms with van der Waals surface area (Å²) in [5.74, 6) is 5.64. The molecule has 1 nitrogen and oxygen atoms in total. The van der Waals surface area contributed by atoms with Crippen molar-refractivity contribution in [2.45, 2.75) is 13.3 Å². The van der Waals surface area contributed by atoms with Gasteiger partial charge in [-0.3, -0.25) is 0 Å². The van der Waals surface area contributed by atoms with Gasteiger partial charge < -0.3 is 5.73 Å². The first-order chi connectivity index (χ1) is 4.27. The Balaban J connectivity index is 3.44. The molecule has 1 heteroatoms. The standard InChI is InChI=1S/C8H11N/c1-3-4-5-6-7-8(2)9/h6-7H,2,5,9H2,1H3/b7-6-. The van der Waals surface area contributed by atoms with Crippen molar-refractivity contribution in [2.75, 3.05) is 0 Å². The van der Waals surface area contributed by atoms with Crippen LogP contribution in [0.4, 0.5) is 0 Å². The molecule has 0 saturated carbocycles. The molecule has 0 atom stereocenters. The minimum atomic E-state index is 0.577. The molecule has 0 bridgehead atoms. The predicted octanol–water partition coefficient (Wildman–Crippen LogP) is 1.43. The number of nitrogens with two attached hydrogens (primary N) is 1. The van der Waals surface area contributed by atoms with Crippen LogP contribution in [0.2, 0.25) is 0 Å². The van der Waals surface area contributed by atoms with Crippen molar-refractivity contribution in [2.24, 2.45) is 5.73 Å². The molecule has 0 amide bonds. The Kier molecular flexibility index (Phi) is 4.34. The molecular weight excluding hydrogens is 110 g/mol. The van der Waals surface area contributed by atoms with Crippen LogP contribution in [0.25, 0.3) is 0 Å². The third-order valence-corrected chi connectivity index (χ3v) is 0.729. The first-order valence-corrected chi connectivity index (χ1v) is 2.78. The van der Waals surface area contributed by atoms with Gasteiger partial charge in [-0.15, -0.1) is 5.92 Å². The van der Waals surface area contributed by atoms with E-state index in [0.29, 0.717) is 5.70 Å². The van der Waals surface area contributed by atoms with Crippen LogP contribution in [0.5, 0.6) is 0 Å². The maximum atomic E-state index is 5.25. The average Bonchev–Trinajstić information content (AvgIpc) is 1.80. The summed E-state index contributed by atoms with van der Waals surface area (Å²) in [4.78, 5) is 0. The average molecular weight is 121 g/mol. The maximum absolute atomic E-state index is 5.25. The van der Waals surface area contributed by atoms with E-state index in [0.717, 1.165) is 6.42 Å². The van der Waals surface area contributed by atoms with Crippen molar-refractivity contribution in [3.05, 3.63) is 24.4 Å². The fourth-order valence-corrected chi connectivity index (χ4v) is 0.371. The molecule has 0 rings (SSSR count). The number of allylic oxidation sites excluding steroid dienone is 2. The maximum Gasteiger partial charge on any atom is 0.0273 e. The second-order valence-corrected chi connectivity index (χ2v) is 1.61. The molecule has 9 heavy (non-hydrogen) atoms. The first kappa shape index (κ1) is 7.84. The second-order valence-electron chi connectivity index (χ2n) is 1.61. The Morgan fingerprint density at radius 2 is 2.44 bits per heavy atom. The van der Waals surface area contributed by atoms with Gasteiger partial charge in [-0.2, -0.15) is 0 Å². The van der Waals surface area contributed by atoms with E-state index in [1.807, 2.05) is 13.0 Å². The highest BCUT2D eigenvalue weighted by atomic mass is 14.5. The zero-order valence-corrected chi connectivity index (χ0v) is 5.65. The van der Waals surface area contributed by atoms with Gasteiger partial charge in [0.25, 0.3) is 0 Å². The second kappa shape index (κ2) is 4.99. The van der Waals surface area contributed by atoms with Crippen molar-refractivity contribution in [1.82, 2.24) is 0 Å². The third kappa shape index (κ3) is 6.84. The van der Waals surface area contributed by atoms with Gasteiger partial charge >= 0.3 is 0 Å². The van der Waals surface area contributed by atoms with E-state index in [9.17, 15) is 0 Å². The molecule has 0 aromatic carbocycles. The molecule has 0 aromatic rings. The molecule has 0 saturated heterocycles. The minimum absolute atomic E-state index is 0.577. The topological polar surface area (TPSA) is 26.0 Å². The van der Waals surface area contributed by atoms with Crippen LogP contribution in [-0.4, -0.2) is 0 Å². The summed E-state index contributed by atoms with van der Waals surface area (Å²) in [5.41, 5.74) is 5.82. The van der Waals surface area contributed by atoms with Gasteiger partial charge in [0.15, 0.2) is 0 Å². The van der Waals surface area contributed by atoms with Gasteiger partial charge in [0, 0.05) is 12.1 Å². The Labute approximate surface area is 56.3 Å². The largest absolute Gasteiger partial charge is 0.399 e. The summed E-state index contributed by atoms with van der Waals surface area (Å²) < 4.78 is 0. The van der Waals surface area contributed by atoms with E-state index in [4.69, 9.17) is 5.73 Å².